The molecular weight excluding hydrogens is 550 g/mol. The normalized spacial score (nSPS) is 13.6. The number of carbonyl (C=O) groups excluding carboxylic acids is 3. The van der Waals surface area contributed by atoms with Crippen LogP contribution in [0.15, 0.2) is 67.1 Å². The molecule has 0 aliphatic carbocycles. The summed E-state index contributed by atoms with van der Waals surface area (Å²) in [4.78, 5) is 50.9. The molecule has 43 heavy (non-hydrogen) atoms. The van der Waals surface area contributed by atoms with E-state index in [1.807, 2.05) is 0 Å². The van der Waals surface area contributed by atoms with Crippen LogP contribution in [0.5, 0.6) is 0 Å². The maximum atomic E-state index is 13.2. The first-order valence-corrected chi connectivity index (χ1v) is 14.3. The van der Waals surface area contributed by atoms with Gasteiger partial charge in [0.1, 0.15) is 11.3 Å². The minimum Gasteiger partial charge on any atom is -0.444 e. The predicted molar refractivity (Wildman–Crippen MR) is 164 cm³/mol. The van der Waals surface area contributed by atoms with Gasteiger partial charge in [-0.15, -0.1) is 0 Å². The van der Waals surface area contributed by atoms with Crippen molar-refractivity contribution in [1.82, 2.24) is 19.8 Å². The summed E-state index contributed by atoms with van der Waals surface area (Å²) < 4.78 is 10.7. The molecule has 2 aromatic heterocycles. The summed E-state index contributed by atoms with van der Waals surface area (Å²) in [6, 6.07) is 13.5. The first-order valence-electron chi connectivity index (χ1n) is 14.3. The van der Waals surface area contributed by atoms with E-state index in [9.17, 15) is 14.4 Å². The summed E-state index contributed by atoms with van der Waals surface area (Å²) in [6.07, 6.45) is 5.01. The lowest BCUT2D eigenvalue weighted by atomic mass is 10.2. The standard InChI is InChI=1S/C31H39N7O5/c1-31(2,3)43-30(41)36-26-10-5-4-9-25(26)35-28(39)27-12-11-23(20-33-27)22-38(15-7-14-37-16-18-42-19-17-37)29(40)34-24-8-6-13-32-21-24/h4-6,8-13,20-21H,7,14-19,22H2,1-3H3,(H,34,40)(H,35,39)(H,36,41). The molecule has 4 rings (SSSR count). The summed E-state index contributed by atoms with van der Waals surface area (Å²) in [5.41, 5.74) is 1.71. The SMILES string of the molecule is CC(C)(C)OC(=O)Nc1ccccc1NC(=O)c1ccc(CN(CCCN2CCOCC2)C(=O)Nc2cccnc2)cn1. The molecule has 4 amide bonds. The summed E-state index contributed by atoms with van der Waals surface area (Å²) in [5, 5.41) is 8.37. The molecule has 0 saturated carbocycles. The first kappa shape index (κ1) is 31.4. The van der Waals surface area contributed by atoms with E-state index in [2.05, 4.69) is 30.8 Å². The average Bonchev–Trinajstić information content (AvgIpc) is 2.98. The number of morpholine rings is 1. The quantitative estimate of drug-likeness (QED) is 0.306. The minimum atomic E-state index is -0.661. The molecule has 1 aromatic carbocycles. The lowest BCUT2D eigenvalue weighted by Crippen LogP contribution is -2.40. The molecule has 1 fully saturated rings. The zero-order chi connectivity index (χ0) is 30.7. The second-order valence-electron chi connectivity index (χ2n) is 11.1. The third kappa shape index (κ3) is 10.3. The van der Waals surface area contributed by atoms with E-state index in [-0.39, 0.29) is 11.7 Å². The minimum absolute atomic E-state index is 0.189. The topological polar surface area (TPSA) is 138 Å². The molecule has 3 N–H and O–H groups in total. The van der Waals surface area contributed by atoms with Crippen molar-refractivity contribution in [3.63, 3.8) is 0 Å². The van der Waals surface area contributed by atoms with Crippen LogP contribution in [-0.2, 0) is 16.0 Å². The van der Waals surface area contributed by atoms with Crippen molar-refractivity contribution in [2.75, 3.05) is 55.3 Å². The third-order valence-corrected chi connectivity index (χ3v) is 6.45. The third-order valence-electron chi connectivity index (χ3n) is 6.45. The van der Waals surface area contributed by atoms with Gasteiger partial charge in [0.05, 0.1) is 36.5 Å². The molecule has 0 unspecified atom stereocenters. The molecule has 0 spiro atoms. The van der Waals surface area contributed by atoms with E-state index in [1.165, 1.54) is 0 Å². The summed E-state index contributed by atoms with van der Waals surface area (Å²) >= 11 is 0. The highest BCUT2D eigenvalue weighted by molar-refractivity contribution is 6.05. The first-order chi connectivity index (χ1) is 20.7. The number of para-hydroxylation sites is 2. The molecule has 228 valence electrons. The van der Waals surface area contributed by atoms with Gasteiger partial charge in [0.15, 0.2) is 0 Å². The van der Waals surface area contributed by atoms with Crippen LogP contribution in [0, 0.1) is 0 Å². The van der Waals surface area contributed by atoms with Crippen LogP contribution in [0.3, 0.4) is 0 Å². The zero-order valence-electron chi connectivity index (χ0n) is 24.8. The number of amides is 4. The number of hydrogen-bond donors (Lipinski definition) is 3. The highest BCUT2D eigenvalue weighted by Crippen LogP contribution is 2.23. The largest absolute Gasteiger partial charge is 0.444 e. The molecule has 0 atom stereocenters. The van der Waals surface area contributed by atoms with Gasteiger partial charge < -0.3 is 25.0 Å². The van der Waals surface area contributed by atoms with E-state index >= 15 is 0 Å². The van der Waals surface area contributed by atoms with Crippen LogP contribution in [-0.4, -0.2) is 82.8 Å². The van der Waals surface area contributed by atoms with Crippen LogP contribution >= 0.6 is 0 Å². The fourth-order valence-corrected chi connectivity index (χ4v) is 4.38. The molecule has 1 aliphatic heterocycles. The Hall–Kier alpha value is -4.55. The van der Waals surface area contributed by atoms with Crippen LogP contribution in [0.1, 0.15) is 43.2 Å². The van der Waals surface area contributed by atoms with E-state index < -0.39 is 17.6 Å². The Morgan fingerprint density at radius 2 is 1.70 bits per heavy atom. The number of nitrogens with one attached hydrogen (secondary N) is 3. The number of urea groups is 1. The number of aromatic nitrogens is 2. The maximum absolute atomic E-state index is 13.2. The molecule has 1 saturated heterocycles. The van der Waals surface area contributed by atoms with Gasteiger partial charge in [-0.05, 0) is 63.1 Å². The van der Waals surface area contributed by atoms with E-state index in [0.29, 0.717) is 30.2 Å². The number of hydrogen-bond acceptors (Lipinski definition) is 8. The van der Waals surface area contributed by atoms with Gasteiger partial charge in [-0.2, -0.15) is 0 Å². The molecule has 12 nitrogen and oxygen atoms in total. The summed E-state index contributed by atoms with van der Waals surface area (Å²) in [5.74, 6) is -0.443. The highest BCUT2D eigenvalue weighted by Gasteiger charge is 2.19. The number of carbonyl (C=O) groups is 3. The Balaban J connectivity index is 1.38. The summed E-state index contributed by atoms with van der Waals surface area (Å²) in [7, 11) is 0. The Morgan fingerprint density at radius 1 is 0.953 bits per heavy atom. The second kappa shape index (κ2) is 15.1. The van der Waals surface area contributed by atoms with Gasteiger partial charge >= 0.3 is 12.1 Å². The van der Waals surface area contributed by atoms with Gasteiger partial charge in [0.2, 0.25) is 0 Å². The van der Waals surface area contributed by atoms with Crippen molar-refractivity contribution in [3.8, 4) is 0 Å². The second-order valence-corrected chi connectivity index (χ2v) is 11.1. The number of ether oxygens (including phenoxy) is 2. The van der Waals surface area contributed by atoms with Crippen molar-refractivity contribution in [1.29, 1.82) is 0 Å². The molecule has 0 bridgehead atoms. The molecule has 3 heterocycles. The van der Waals surface area contributed by atoms with E-state index in [1.54, 1.807) is 92.8 Å². The number of rotatable bonds is 10. The molecular formula is C31H39N7O5. The van der Waals surface area contributed by atoms with Gasteiger partial charge in [0, 0.05) is 45.1 Å². The van der Waals surface area contributed by atoms with Crippen LogP contribution in [0.25, 0.3) is 0 Å². The van der Waals surface area contributed by atoms with Crippen molar-refractivity contribution >= 4 is 35.1 Å². The van der Waals surface area contributed by atoms with Crippen molar-refractivity contribution in [2.45, 2.75) is 39.3 Å². The van der Waals surface area contributed by atoms with Crippen molar-refractivity contribution < 1.29 is 23.9 Å². The van der Waals surface area contributed by atoms with E-state index in [4.69, 9.17) is 9.47 Å². The average molecular weight is 590 g/mol. The van der Waals surface area contributed by atoms with Crippen molar-refractivity contribution in [3.05, 3.63) is 78.4 Å². The smallest absolute Gasteiger partial charge is 0.412 e. The van der Waals surface area contributed by atoms with Crippen LogP contribution in [0.2, 0.25) is 0 Å². The Morgan fingerprint density at radius 3 is 2.35 bits per heavy atom. The lowest BCUT2D eigenvalue weighted by Gasteiger charge is -2.28. The van der Waals surface area contributed by atoms with Gasteiger partial charge in [0.25, 0.3) is 5.91 Å². The number of nitrogens with zero attached hydrogens (tertiary/aromatic N) is 4. The fraction of sp³-hybridized carbons (Fsp3) is 0.387. The van der Waals surface area contributed by atoms with Crippen molar-refractivity contribution in [2.24, 2.45) is 0 Å². The maximum Gasteiger partial charge on any atom is 0.412 e. The summed E-state index contributed by atoms with van der Waals surface area (Å²) in [6.45, 7) is 10.2. The monoisotopic (exact) mass is 589 g/mol. The number of benzene rings is 1. The van der Waals surface area contributed by atoms with Gasteiger partial charge in [-0.1, -0.05) is 18.2 Å². The Bertz CT molecular complexity index is 1360. The fourth-order valence-electron chi connectivity index (χ4n) is 4.38. The van der Waals surface area contributed by atoms with Crippen LogP contribution < -0.4 is 16.0 Å². The van der Waals surface area contributed by atoms with Gasteiger partial charge in [-0.3, -0.25) is 25.0 Å². The molecule has 1 aliphatic rings. The Kier molecular flexibility index (Phi) is 11.0. The van der Waals surface area contributed by atoms with Gasteiger partial charge in [-0.25, -0.2) is 9.59 Å². The number of pyridine rings is 2. The number of anilines is 3. The zero-order valence-corrected chi connectivity index (χ0v) is 24.8. The highest BCUT2D eigenvalue weighted by atomic mass is 16.6. The Labute approximate surface area is 251 Å². The van der Waals surface area contributed by atoms with Crippen LogP contribution in [0.4, 0.5) is 26.7 Å². The molecule has 3 aromatic rings. The molecule has 12 heteroatoms. The molecule has 0 radical (unpaired) electrons. The lowest BCUT2D eigenvalue weighted by molar-refractivity contribution is 0.0365. The van der Waals surface area contributed by atoms with E-state index in [0.717, 1.165) is 44.8 Å². The predicted octanol–water partition coefficient (Wildman–Crippen LogP) is 4.83.